The fourth-order valence-corrected chi connectivity index (χ4v) is 2.05. The van der Waals surface area contributed by atoms with Crippen molar-refractivity contribution in [2.75, 3.05) is 5.43 Å². The van der Waals surface area contributed by atoms with Crippen molar-refractivity contribution in [3.05, 3.63) is 58.1 Å². The van der Waals surface area contributed by atoms with Crippen molar-refractivity contribution in [3.8, 4) is 5.75 Å². The van der Waals surface area contributed by atoms with Crippen LogP contribution in [0.25, 0.3) is 0 Å². The minimum atomic E-state index is -1.04. The van der Waals surface area contributed by atoms with Crippen LogP contribution >= 0.6 is 11.6 Å². The number of nitrogens with zero attached hydrogens (tertiary/aromatic N) is 1. The van der Waals surface area contributed by atoms with Crippen molar-refractivity contribution >= 4 is 29.0 Å². The van der Waals surface area contributed by atoms with Crippen molar-refractivity contribution in [2.24, 2.45) is 5.10 Å². The molecule has 2 aromatic carbocycles. The molecule has 6 heteroatoms. The van der Waals surface area contributed by atoms with E-state index in [1.807, 2.05) is 13.0 Å². The number of rotatable bonds is 4. The van der Waals surface area contributed by atoms with Gasteiger partial charge in [0.15, 0.2) is 0 Å². The molecule has 114 valence electrons. The van der Waals surface area contributed by atoms with Gasteiger partial charge in [0.05, 0.1) is 22.0 Å². The maximum Gasteiger partial charge on any atom is 0.335 e. The molecular weight excluding hydrogens is 304 g/mol. The number of benzene rings is 2. The lowest BCUT2D eigenvalue weighted by atomic mass is 10.1. The Balaban J connectivity index is 2.29. The number of aryl methyl sites for hydroxylation is 1. The summed E-state index contributed by atoms with van der Waals surface area (Å²) in [5, 5.41) is 23.4. The lowest BCUT2D eigenvalue weighted by molar-refractivity contribution is 0.0697. The largest absolute Gasteiger partial charge is 0.507 e. The highest BCUT2D eigenvalue weighted by atomic mass is 35.5. The van der Waals surface area contributed by atoms with Gasteiger partial charge in [-0.2, -0.15) is 5.10 Å². The van der Waals surface area contributed by atoms with Gasteiger partial charge in [0, 0.05) is 5.56 Å². The van der Waals surface area contributed by atoms with Crippen LogP contribution in [0.5, 0.6) is 5.75 Å². The van der Waals surface area contributed by atoms with E-state index in [1.165, 1.54) is 18.2 Å². The van der Waals surface area contributed by atoms with Gasteiger partial charge >= 0.3 is 5.97 Å². The predicted octanol–water partition coefficient (Wildman–Crippen LogP) is 3.89. The number of phenolic OH excluding ortho intramolecular Hbond substituents is 1. The summed E-state index contributed by atoms with van der Waals surface area (Å²) < 4.78 is 0. The summed E-state index contributed by atoms with van der Waals surface area (Å²) in [6.45, 7) is 3.65. The molecule has 0 atom stereocenters. The summed E-state index contributed by atoms with van der Waals surface area (Å²) >= 11 is 6.01. The molecular formula is C16H15ClN2O3. The van der Waals surface area contributed by atoms with E-state index in [9.17, 15) is 9.90 Å². The average molecular weight is 319 g/mol. The number of phenols is 1. The smallest absolute Gasteiger partial charge is 0.335 e. The summed E-state index contributed by atoms with van der Waals surface area (Å²) in [7, 11) is 0. The molecule has 22 heavy (non-hydrogen) atoms. The van der Waals surface area contributed by atoms with Gasteiger partial charge in [-0.25, -0.2) is 4.79 Å². The number of hydrogen-bond donors (Lipinski definition) is 3. The van der Waals surface area contributed by atoms with Gasteiger partial charge in [0.25, 0.3) is 0 Å². The Hall–Kier alpha value is -2.53. The van der Waals surface area contributed by atoms with Crippen LogP contribution in [0.4, 0.5) is 5.69 Å². The van der Waals surface area contributed by atoms with E-state index >= 15 is 0 Å². The Morgan fingerprint density at radius 2 is 1.95 bits per heavy atom. The van der Waals surface area contributed by atoms with Crippen molar-refractivity contribution in [3.63, 3.8) is 0 Å². The molecule has 0 saturated heterocycles. The van der Waals surface area contributed by atoms with Gasteiger partial charge in [-0.15, -0.1) is 0 Å². The van der Waals surface area contributed by atoms with Gasteiger partial charge in [-0.3, -0.25) is 5.43 Å². The Kier molecular flexibility index (Phi) is 4.68. The first-order valence-corrected chi connectivity index (χ1v) is 6.89. The quantitative estimate of drug-likeness (QED) is 0.590. The molecule has 0 aliphatic carbocycles. The maximum absolute atomic E-state index is 11.0. The molecule has 0 aliphatic heterocycles. The number of carbonyl (C=O) groups is 1. The highest BCUT2D eigenvalue weighted by Crippen LogP contribution is 2.24. The molecule has 5 nitrogen and oxygen atoms in total. The molecule has 0 radical (unpaired) electrons. The second-order valence-corrected chi connectivity index (χ2v) is 5.24. The zero-order valence-corrected chi connectivity index (χ0v) is 12.8. The minimum Gasteiger partial charge on any atom is -0.507 e. The number of carboxylic acids is 1. The van der Waals surface area contributed by atoms with E-state index < -0.39 is 5.97 Å². The summed E-state index contributed by atoms with van der Waals surface area (Å²) in [6, 6.07) is 9.51. The molecule has 0 unspecified atom stereocenters. The van der Waals surface area contributed by atoms with Gasteiger partial charge < -0.3 is 10.2 Å². The third-order valence-electron chi connectivity index (χ3n) is 3.10. The number of nitrogens with one attached hydrogen (secondary N) is 1. The lowest BCUT2D eigenvalue weighted by Crippen LogP contribution is -2.02. The molecule has 0 saturated carbocycles. The van der Waals surface area contributed by atoms with Gasteiger partial charge in [0.1, 0.15) is 5.75 Å². The number of aromatic carboxylic acids is 1. The molecule has 0 aromatic heterocycles. The van der Waals surface area contributed by atoms with Gasteiger partial charge in [0.2, 0.25) is 0 Å². The van der Waals surface area contributed by atoms with E-state index in [-0.39, 0.29) is 11.3 Å². The number of halogens is 1. The van der Waals surface area contributed by atoms with Crippen LogP contribution in [0.2, 0.25) is 5.02 Å². The molecule has 0 amide bonds. The second-order valence-electron chi connectivity index (χ2n) is 4.83. The monoisotopic (exact) mass is 318 g/mol. The molecule has 0 aliphatic rings. The van der Waals surface area contributed by atoms with Crippen molar-refractivity contribution in [1.29, 1.82) is 0 Å². The zero-order valence-electron chi connectivity index (χ0n) is 12.1. The summed E-state index contributed by atoms with van der Waals surface area (Å²) in [4.78, 5) is 11.0. The van der Waals surface area contributed by atoms with E-state index in [0.717, 1.165) is 5.56 Å². The van der Waals surface area contributed by atoms with Gasteiger partial charge in [-0.1, -0.05) is 23.2 Å². The zero-order chi connectivity index (χ0) is 16.3. The number of carboxylic acid groups (broad SMARTS) is 1. The second kappa shape index (κ2) is 6.49. The van der Waals surface area contributed by atoms with Crippen molar-refractivity contribution < 1.29 is 15.0 Å². The highest BCUT2D eigenvalue weighted by Gasteiger charge is 2.08. The Bertz CT molecular complexity index is 757. The molecule has 0 spiro atoms. The van der Waals surface area contributed by atoms with Crippen molar-refractivity contribution in [2.45, 2.75) is 13.8 Å². The van der Waals surface area contributed by atoms with E-state index in [4.69, 9.17) is 16.7 Å². The minimum absolute atomic E-state index is 0.109. The molecule has 0 heterocycles. The van der Waals surface area contributed by atoms with Crippen LogP contribution in [0, 0.1) is 6.92 Å². The molecule has 0 bridgehead atoms. The molecule has 2 rings (SSSR count). The van der Waals surface area contributed by atoms with Crippen LogP contribution < -0.4 is 5.43 Å². The number of hydrogen-bond acceptors (Lipinski definition) is 4. The number of aromatic hydroxyl groups is 1. The first-order valence-electron chi connectivity index (χ1n) is 6.51. The standard InChI is InChI=1S/C16H15ClN2O3/c1-9-3-6-15(20)12(7-9)10(2)18-19-14-8-11(16(21)22)4-5-13(14)17/h3-8,19-20H,1-2H3,(H,21,22)/b18-10+. The highest BCUT2D eigenvalue weighted by molar-refractivity contribution is 6.33. The number of anilines is 1. The molecule has 0 fully saturated rings. The molecule has 3 N–H and O–H groups in total. The topological polar surface area (TPSA) is 81.9 Å². The Morgan fingerprint density at radius 1 is 1.23 bits per heavy atom. The Labute approximate surface area is 132 Å². The fourth-order valence-electron chi connectivity index (χ4n) is 1.89. The number of hydrazone groups is 1. The van der Waals surface area contributed by atoms with E-state index in [2.05, 4.69) is 10.5 Å². The van der Waals surface area contributed by atoms with Gasteiger partial charge in [-0.05, 0) is 44.2 Å². The summed E-state index contributed by atoms with van der Waals surface area (Å²) in [6.07, 6.45) is 0. The summed E-state index contributed by atoms with van der Waals surface area (Å²) in [5.74, 6) is -0.921. The average Bonchev–Trinajstić information content (AvgIpc) is 2.48. The van der Waals surface area contributed by atoms with Crippen molar-refractivity contribution in [1.82, 2.24) is 0 Å². The fraction of sp³-hybridized carbons (Fsp3) is 0.125. The SMILES string of the molecule is C/C(=N\Nc1cc(C(=O)O)ccc1Cl)c1cc(C)ccc1O. The predicted molar refractivity (Wildman–Crippen MR) is 87.1 cm³/mol. The van der Waals surface area contributed by atoms with Crippen LogP contribution in [0.15, 0.2) is 41.5 Å². The Morgan fingerprint density at radius 3 is 2.64 bits per heavy atom. The molecule has 2 aromatic rings. The maximum atomic E-state index is 11.0. The van der Waals surface area contributed by atoms with Crippen LogP contribution in [-0.2, 0) is 0 Å². The van der Waals surface area contributed by atoms with Crippen LogP contribution in [0.3, 0.4) is 0 Å². The summed E-state index contributed by atoms with van der Waals surface area (Å²) in [5.41, 5.74) is 5.37. The van der Waals surface area contributed by atoms with Crippen LogP contribution in [0.1, 0.15) is 28.4 Å². The van der Waals surface area contributed by atoms with Crippen LogP contribution in [-0.4, -0.2) is 21.9 Å². The lowest BCUT2D eigenvalue weighted by Gasteiger charge is -2.08. The first kappa shape index (κ1) is 15.9. The third-order valence-corrected chi connectivity index (χ3v) is 3.43. The van der Waals surface area contributed by atoms with E-state index in [1.54, 1.807) is 19.1 Å². The third kappa shape index (κ3) is 3.56. The van der Waals surface area contributed by atoms with E-state index in [0.29, 0.717) is 22.0 Å². The normalized spacial score (nSPS) is 11.3. The first-order chi connectivity index (χ1) is 10.4.